The van der Waals surface area contributed by atoms with Crippen LogP contribution in [-0.4, -0.2) is 30.4 Å². The summed E-state index contributed by atoms with van der Waals surface area (Å²) in [7, 11) is 0. The summed E-state index contributed by atoms with van der Waals surface area (Å²) in [6.45, 7) is 2.33. The number of hydrogen-bond donors (Lipinski definition) is 1. The predicted octanol–water partition coefficient (Wildman–Crippen LogP) is 2.90. The zero-order valence-electron chi connectivity index (χ0n) is 11.2. The molecule has 2 aliphatic rings. The zero-order chi connectivity index (χ0) is 14.3. The lowest BCUT2D eigenvalue weighted by Gasteiger charge is -2.16. The van der Waals surface area contributed by atoms with Crippen molar-refractivity contribution in [2.45, 2.75) is 18.8 Å². The van der Waals surface area contributed by atoms with Crippen LogP contribution >= 0.6 is 23.2 Å². The monoisotopic (exact) mass is 312 g/mol. The van der Waals surface area contributed by atoms with E-state index in [-0.39, 0.29) is 17.7 Å². The number of carbonyl (C=O) groups is 1. The molecule has 1 heterocycles. The Balaban J connectivity index is 1.65. The van der Waals surface area contributed by atoms with Gasteiger partial charge in [-0.3, -0.25) is 4.79 Å². The normalized spacial score (nSPS) is 28.8. The molecular weight excluding hydrogens is 295 g/mol. The molecule has 2 N–H and O–H groups in total. The van der Waals surface area contributed by atoms with Gasteiger partial charge >= 0.3 is 0 Å². The number of carbonyl (C=O) groups excluding carboxylic acids is 1. The summed E-state index contributed by atoms with van der Waals surface area (Å²) in [6.07, 6.45) is 1.92. The lowest BCUT2D eigenvalue weighted by molar-refractivity contribution is -0.131. The van der Waals surface area contributed by atoms with E-state index in [4.69, 9.17) is 28.9 Å². The van der Waals surface area contributed by atoms with Crippen molar-refractivity contribution in [1.29, 1.82) is 0 Å². The molecule has 0 aromatic heterocycles. The van der Waals surface area contributed by atoms with Gasteiger partial charge in [-0.25, -0.2) is 0 Å². The second-order valence-electron chi connectivity index (χ2n) is 5.79. The lowest BCUT2D eigenvalue weighted by Crippen LogP contribution is -2.31. The topological polar surface area (TPSA) is 46.3 Å². The third-order valence-electron chi connectivity index (χ3n) is 4.40. The van der Waals surface area contributed by atoms with Crippen molar-refractivity contribution in [2.24, 2.45) is 17.6 Å². The van der Waals surface area contributed by atoms with E-state index in [0.717, 1.165) is 31.5 Å². The molecule has 108 valence electrons. The molecule has 0 unspecified atom stereocenters. The highest BCUT2D eigenvalue weighted by atomic mass is 35.5. The maximum Gasteiger partial charge on any atom is 0.226 e. The van der Waals surface area contributed by atoms with Crippen molar-refractivity contribution in [1.82, 2.24) is 4.90 Å². The molecule has 3 nitrogen and oxygen atoms in total. The van der Waals surface area contributed by atoms with Crippen LogP contribution in [0, 0.1) is 11.8 Å². The third-order valence-corrected chi connectivity index (χ3v) is 4.96. The molecule has 1 aromatic carbocycles. The van der Waals surface area contributed by atoms with Gasteiger partial charge in [-0.05, 0) is 48.9 Å². The minimum atomic E-state index is 0.0881. The molecule has 1 aliphatic carbocycles. The first-order valence-electron chi connectivity index (χ1n) is 7.04. The number of likely N-dealkylation sites (tertiary alicyclic amines) is 1. The predicted molar refractivity (Wildman–Crippen MR) is 81.1 cm³/mol. The average molecular weight is 313 g/mol. The average Bonchev–Trinajstić information content (AvgIpc) is 3.06. The second kappa shape index (κ2) is 5.55. The highest BCUT2D eigenvalue weighted by molar-refractivity contribution is 6.35. The van der Waals surface area contributed by atoms with Crippen molar-refractivity contribution < 1.29 is 4.79 Å². The molecule has 0 bridgehead atoms. The van der Waals surface area contributed by atoms with Gasteiger partial charge in [-0.2, -0.15) is 0 Å². The fourth-order valence-electron chi connectivity index (χ4n) is 3.07. The molecule has 1 amide bonds. The van der Waals surface area contributed by atoms with Gasteiger partial charge in [0.2, 0.25) is 5.91 Å². The highest BCUT2D eigenvalue weighted by Crippen LogP contribution is 2.51. The Kier molecular flexibility index (Phi) is 3.93. The highest BCUT2D eigenvalue weighted by Gasteiger charge is 2.47. The summed E-state index contributed by atoms with van der Waals surface area (Å²) < 4.78 is 0. The summed E-state index contributed by atoms with van der Waals surface area (Å²) in [5.74, 6) is 1.07. The number of nitrogens with two attached hydrogens (primary N) is 1. The minimum absolute atomic E-state index is 0.0881. The molecule has 3 atom stereocenters. The number of benzene rings is 1. The van der Waals surface area contributed by atoms with Gasteiger partial charge in [0.1, 0.15) is 0 Å². The van der Waals surface area contributed by atoms with E-state index in [2.05, 4.69) is 0 Å². The minimum Gasteiger partial charge on any atom is -0.342 e. The van der Waals surface area contributed by atoms with Gasteiger partial charge in [-0.15, -0.1) is 0 Å². The van der Waals surface area contributed by atoms with Gasteiger partial charge < -0.3 is 10.6 Å². The Morgan fingerprint density at radius 3 is 2.85 bits per heavy atom. The smallest absolute Gasteiger partial charge is 0.226 e. The van der Waals surface area contributed by atoms with Crippen molar-refractivity contribution in [2.75, 3.05) is 19.6 Å². The van der Waals surface area contributed by atoms with Crippen LogP contribution < -0.4 is 5.73 Å². The Morgan fingerprint density at radius 1 is 1.40 bits per heavy atom. The molecule has 5 heteroatoms. The fraction of sp³-hybridized carbons (Fsp3) is 0.533. The van der Waals surface area contributed by atoms with Crippen molar-refractivity contribution >= 4 is 29.1 Å². The Labute approximate surface area is 129 Å². The van der Waals surface area contributed by atoms with Crippen LogP contribution in [-0.2, 0) is 4.79 Å². The first-order chi connectivity index (χ1) is 9.60. The number of halogens is 2. The van der Waals surface area contributed by atoms with E-state index in [1.165, 1.54) is 0 Å². The largest absolute Gasteiger partial charge is 0.342 e. The SMILES string of the molecule is NC[C@@H]1CCN(C(=O)[C@@H]2C[C@@H]2c2ccc(Cl)cc2Cl)C1. The van der Waals surface area contributed by atoms with Gasteiger partial charge in [-0.1, -0.05) is 29.3 Å². The van der Waals surface area contributed by atoms with E-state index in [9.17, 15) is 4.79 Å². The fourth-order valence-corrected chi connectivity index (χ4v) is 3.62. The van der Waals surface area contributed by atoms with E-state index in [0.29, 0.717) is 22.5 Å². The summed E-state index contributed by atoms with van der Waals surface area (Å²) in [4.78, 5) is 14.4. The van der Waals surface area contributed by atoms with Gasteiger partial charge in [0.25, 0.3) is 0 Å². The number of hydrogen-bond acceptors (Lipinski definition) is 2. The number of nitrogens with zero attached hydrogens (tertiary/aromatic N) is 1. The summed E-state index contributed by atoms with van der Waals surface area (Å²) in [5.41, 5.74) is 6.72. The van der Waals surface area contributed by atoms with Crippen LogP contribution in [0.3, 0.4) is 0 Å². The van der Waals surface area contributed by atoms with Crippen LogP contribution in [0.15, 0.2) is 18.2 Å². The van der Waals surface area contributed by atoms with Crippen molar-refractivity contribution in [3.63, 3.8) is 0 Å². The van der Waals surface area contributed by atoms with Crippen LogP contribution in [0.1, 0.15) is 24.3 Å². The number of amides is 1. The van der Waals surface area contributed by atoms with Crippen LogP contribution in [0.4, 0.5) is 0 Å². The standard InChI is InChI=1S/C15H18Cl2N2O/c16-10-1-2-11(14(17)5-10)12-6-13(12)15(20)19-4-3-9(7-18)8-19/h1-2,5,9,12-13H,3-4,6-8,18H2/t9-,12+,13+/m0/s1. The van der Waals surface area contributed by atoms with Crippen molar-refractivity contribution in [3.05, 3.63) is 33.8 Å². The first kappa shape index (κ1) is 14.2. The van der Waals surface area contributed by atoms with Gasteiger partial charge in [0.05, 0.1) is 0 Å². The van der Waals surface area contributed by atoms with Crippen LogP contribution in [0.5, 0.6) is 0 Å². The summed E-state index contributed by atoms with van der Waals surface area (Å²) >= 11 is 12.1. The summed E-state index contributed by atoms with van der Waals surface area (Å²) in [5, 5.41) is 1.30. The molecule has 3 rings (SSSR count). The molecule has 1 aliphatic heterocycles. The van der Waals surface area contributed by atoms with Crippen LogP contribution in [0.25, 0.3) is 0 Å². The molecule has 20 heavy (non-hydrogen) atoms. The van der Waals surface area contributed by atoms with Gasteiger partial charge in [0.15, 0.2) is 0 Å². The Hall–Kier alpha value is -0.770. The molecule has 1 saturated heterocycles. The van der Waals surface area contributed by atoms with E-state index in [1.54, 1.807) is 6.07 Å². The number of rotatable bonds is 3. The van der Waals surface area contributed by atoms with E-state index in [1.807, 2.05) is 17.0 Å². The molecule has 0 radical (unpaired) electrons. The zero-order valence-corrected chi connectivity index (χ0v) is 12.7. The molecule has 1 aromatic rings. The quantitative estimate of drug-likeness (QED) is 0.932. The third kappa shape index (κ3) is 2.67. The maximum absolute atomic E-state index is 12.4. The molecular formula is C15H18Cl2N2O. The maximum atomic E-state index is 12.4. The molecule has 2 fully saturated rings. The molecule has 1 saturated carbocycles. The van der Waals surface area contributed by atoms with E-state index >= 15 is 0 Å². The van der Waals surface area contributed by atoms with Crippen LogP contribution in [0.2, 0.25) is 10.0 Å². The second-order valence-corrected chi connectivity index (χ2v) is 6.63. The van der Waals surface area contributed by atoms with Crippen molar-refractivity contribution in [3.8, 4) is 0 Å². The first-order valence-corrected chi connectivity index (χ1v) is 7.79. The molecule has 0 spiro atoms. The summed E-state index contributed by atoms with van der Waals surface area (Å²) in [6, 6.07) is 5.52. The Bertz CT molecular complexity index is 535. The van der Waals surface area contributed by atoms with E-state index < -0.39 is 0 Å². The van der Waals surface area contributed by atoms with Gasteiger partial charge in [0, 0.05) is 29.1 Å². The lowest BCUT2D eigenvalue weighted by atomic mass is 10.1. The Morgan fingerprint density at radius 2 is 2.20 bits per heavy atom.